The summed E-state index contributed by atoms with van der Waals surface area (Å²) in [6, 6.07) is 16.3. The summed E-state index contributed by atoms with van der Waals surface area (Å²) >= 11 is 11.9. The van der Waals surface area contributed by atoms with E-state index in [1.165, 1.54) is 6.20 Å². The lowest BCUT2D eigenvalue weighted by Gasteiger charge is -2.34. The number of benzene rings is 2. The zero-order chi connectivity index (χ0) is 26.2. The molecule has 194 valence electrons. The summed E-state index contributed by atoms with van der Waals surface area (Å²) in [5.74, 6) is -0.0787. The van der Waals surface area contributed by atoms with E-state index in [1.54, 1.807) is 53.4 Å². The van der Waals surface area contributed by atoms with Crippen molar-refractivity contribution >= 4 is 35.0 Å². The van der Waals surface area contributed by atoms with Crippen molar-refractivity contribution in [3.63, 3.8) is 0 Å². The van der Waals surface area contributed by atoms with Crippen LogP contribution in [-0.4, -0.2) is 72.5 Å². The molecule has 1 atom stereocenters. The van der Waals surface area contributed by atoms with Gasteiger partial charge in [-0.1, -0.05) is 35.3 Å². The number of pyridine rings is 1. The molecule has 1 unspecified atom stereocenters. The maximum atomic E-state index is 13.4. The summed E-state index contributed by atoms with van der Waals surface area (Å²) < 4.78 is 11.7. The van der Waals surface area contributed by atoms with Gasteiger partial charge in [0.2, 0.25) is 11.8 Å². The first-order valence-electron chi connectivity index (χ1n) is 11.9. The highest BCUT2D eigenvalue weighted by atomic mass is 35.5. The van der Waals surface area contributed by atoms with Crippen LogP contribution in [0.5, 0.6) is 11.6 Å². The SMILES string of the molecule is CN1CCN(C(=O)C(COCc2ccc(Cl)cc2)NC(=O)c2cccnc2Oc2ccc(Cl)cc2)CC1. The summed E-state index contributed by atoms with van der Waals surface area (Å²) in [7, 11) is 2.01. The first kappa shape index (κ1) is 26.9. The third kappa shape index (κ3) is 7.66. The molecular formula is C27H28Cl2N4O4. The zero-order valence-electron chi connectivity index (χ0n) is 20.4. The van der Waals surface area contributed by atoms with Crippen LogP contribution in [0.25, 0.3) is 0 Å². The molecule has 1 saturated heterocycles. The van der Waals surface area contributed by atoms with Crippen molar-refractivity contribution in [1.82, 2.24) is 20.1 Å². The smallest absolute Gasteiger partial charge is 0.257 e. The zero-order valence-corrected chi connectivity index (χ0v) is 21.9. The summed E-state index contributed by atoms with van der Waals surface area (Å²) in [5.41, 5.74) is 1.11. The Bertz CT molecular complexity index is 1200. The van der Waals surface area contributed by atoms with Crippen LogP contribution in [0.4, 0.5) is 0 Å². The molecule has 10 heteroatoms. The fourth-order valence-corrected chi connectivity index (χ4v) is 4.04. The van der Waals surface area contributed by atoms with Crippen LogP contribution in [0, 0.1) is 0 Å². The number of likely N-dealkylation sites (N-methyl/N-ethyl adjacent to an activating group) is 1. The average Bonchev–Trinajstić information content (AvgIpc) is 2.91. The van der Waals surface area contributed by atoms with Gasteiger partial charge < -0.3 is 24.6 Å². The van der Waals surface area contributed by atoms with Gasteiger partial charge in [-0.15, -0.1) is 0 Å². The van der Waals surface area contributed by atoms with Crippen LogP contribution < -0.4 is 10.1 Å². The molecule has 0 radical (unpaired) electrons. The van der Waals surface area contributed by atoms with E-state index in [1.807, 2.05) is 19.2 Å². The van der Waals surface area contributed by atoms with Gasteiger partial charge in [0, 0.05) is 42.4 Å². The van der Waals surface area contributed by atoms with E-state index in [4.69, 9.17) is 32.7 Å². The topological polar surface area (TPSA) is 84.0 Å². The monoisotopic (exact) mass is 542 g/mol. The molecule has 0 saturated carbocycles. The predicted octanol–water partition coefficient (Wildman–Crippen LogP) is 4.27. The second-order valence-electron chi connectivity index (χ2n) is 8.71. The number of carbonyl (C=O) groups is 2. The van der Waals surface area contributed by atoms with Crippen LogP contribution in [0.1, 0.15) is 15.9 Å². The van der Waals surface area contributed by atoms with E-state index >= 15 is 0 Å². The highest BCUT2D eigenvalue weighted by molar-refractivity contribution is 6.30. The fourth-order valence-electron chi connectivity index (χ4n) is 3.79. The van der Waals surface area contributed by atoms with E-state index in [0.29, 0.717) is 28.9 Å². The number of hydrogen-bond donors (Lipinski definition) is 1. The van der Waals surface area contributed by atoms with E-state index < -0.39 is 11.9 Å². The molecule has 1 aliphatic rings. The van der Waals surface area contributed by atoms with Crippen molar-refractivity contribution in [3.05, 3.63) is 88.0 Å². The molecule has 1 fully saturated rings. The van der Waals surface area contributed by atoms with Crippen molar-refractivity contribution in [2.24, 2.45) is 0 Å². The third-order valence-corrected chi connectivity index (χ3v) is 6.43. The second-order valence-corrected chi connectivity index (χ2v) is 9.58. The minimum atomic E-state index is -0.883. The number of nitrogens with one attached hydrogen (secondary N) is 1. The van der Waals surface area contributed by atoms with Crippen molar-refractivity contribution in [2.75, 3.05) is 39.8 Å². The molecular weight excluding hydrogens is 515 g/mol. The van der Waals surface area contributed by atoms with Gasteiger partial charge in [-0.3, -0.25) is 9.59 Å². The van der Waals surface area contributed by atoms with Crippen molar-refractivity contribution in [1.29, 1.82) is 0 Å². The van der Waals surface area contributed by atoms with Gasteiger partial charge in [0.25, 0.3) is 5.91 Å². The maximum absolute atomic E-state index is 13.4. The molecule has 2 amide bonds. The molecule has 8 nitrogen and oxygen atoms in total. The lowest BCUT2D eigenvalue weighted by atomic mass is 10.2. The van der Waals surface area contributed by atoms with Crippen molar-refractivity contribution in [2.45, 2.75) is 12.6 Å². The minimum Gasteiger partial charge on any atom is -0.438 e. The van der Waals surface area contributed by atoms with Gasteiger partial charge in [0.1, 0.15) is 17.4 Å². The fraction of sp³-hybridized carbons (Fsp3) is 0.296. The predicted molar refractivity (Wildman–Crippen MR) is 142 cm³/mol. The molecule has 0 aliphatic carbocycles. The Balaban J connectivity index is 1.47. The van der Waals surface area contributed by atoms with E-state index in [0.717, 1.165) is 18.7 Å². The van der Waals surface area contributed by atoms with Crippen LogP contribution >= 0.6 is 23.2 Å². The summed E-state index contributed by atoms with van der Waals surface area (Å²) in [6.45, 7) is 2.97. The van der Waals surface area contributed by atoms with Crippen LogP contribution in [0.15, 0.2) is 66.9 Å². The highest BCUT2D eigenvalue weighted by Gasteiger charge is 2.29. The molecule has 37 heavy (non-hydrogen) atoms. The van der Waals surface area contributed by atoms with Gasteiger partial charge in [-0.25, -0.2) is 4.98 Å². The molecule has 3 aromatic rings. The van der Waals surface area contributed by atoms with Crippen LogP contribution in [-0.2, 0) is 16.1 Å². The first-order chi connectivity index (χ1) is 17.9. The van der Waals surface area contributed by atoms with Crippen LogP contribution in [0.3, 0.4) is 0 Å². The Kier molecular flexibility index (Phi) is 9.35. The lowest BCUT2D eigenvalue weighted by molar-refractivity contribution is -0.136. The molecule has 1 aliphatic heterocycles. The van der Waals surface area contributed by atoms with Crippen molar-refractivity contribution < 1.29 is 19.1 Å². The number of piperazine rings is 1. The summed E-state index contributed by atoms with van der Waals surface area (Å²) in [5, 5.41) is 4.04. The summed E-state index contributed by atoms with van der Waals surface area (Å²) in [4.78, 5) is 34.9. The molecule has 2 heterocycles. The van der Waals surface area contributed by atoms with Gasteiger partial charge in [0.05, 0.1) is 13.2 Å². The largest absolute Gasteiger partial charge is 0.438 e. The Labute approximate surface area is 226 Å². The number of halogens is 2. The quantitative estimate of drug-likeness (QED) is 0.434. The number of carbonyl (C=O) groups excluding carboxylic acids is 2. The Hall–Kier alpha value is -3.17. The first-order valence-corrected chi connectivity index (χ1v) is 12.6. The van der Waals surface area contributed by atoms with Gasteiger partial charge >= 0.3 is 0 Å². The Morgan fingerprint density at radius 3 is 2.30 bits per heavy atom. The summed E-state index contributed by atoms with van der Waals surface area (Å²) in [6.07, 6.45) is 1.53. The average molecular weight is 543 g/mol. The van der Waals surface area contributed by atoms with Gasteiger partial charge in [0.15, 0.2) is 0 Å². The molecule has 0 bridgehead atoms. The minimum absolute atomic E-state index is 0.00712. The van der Waals surface area contributed by atoms with E-state index in [2.05, 4.69) is 15.2 Å². The number of rotatable bonds is 9. The molecule has 4 rings (SSSR count). The van der Waals surface area contributed by atoms with Gasteiger partial charge in [-0.05, 0) is 61.1 Å². The van der Waals surface area contributed by atoms with Crippen LogP contribution in [0.2, 0.25) is 10.0 Å². The third-order valence-electron chi connectivity index (χ3n) is 5.93. The number of ether oxygens (including phenoxy) is 2. The van der Waals surface area contributed by atoms with Gasteiger partial charge in [-0.2, -0.15) is 0 Å². The van der Waals surface area contributed by atoms with E-state index in [9.17, 15) is 9.59 Å². The molecule has 2 aromatic carbocycles. The molecule has 1 N–H and O–H groups in total. The number of nitrogens with zero attached hydrogens (tertiary/aromatic N) is 3. The van der Waals surface area contributed by atoms with Crippen molar-refractivity contribution in [3.8, 4) is 11.6 Å². The maximum Gasteiger partial charge on any atom is 0.257 e. The molecule has 0 spiro atoms. The Morgan fingerprint density at radius 1 is 0.973 bits per heavy atom. The standard InChI is InChI=1S/C27H28Cl2N4O4/c1-32-13-15-33(16-14-32)27(35)24(18-36-17-19-4-6-20(28)7-5-19)31-25(34)23-3-2-12-30-26(23)37-22-10-8-21(29)9-11-22/h2-12,24H,13-18H2,1H3,(H,31,34). The number of amides is 2. The van der Waals surface area contributed by atoms with E-state index in [-0.39, 0.29) is 30.6 Å². The highest BCUT2D eigenvalue weighted by Crippen LogP contribution is 2.24. The number of aromatic nitrogens is 1. The second kappa shape index (κ2) is 12.9. The molecule has 1 aromatic heterocycles. The normalized spacial score (nSPS) is 14.7. The number of hydrogen-bond acceptors (Lipinski definition) is 6. The Morgan fingerprint density at radius 2 is 1.62 bits per heavy atom. The lowest BCUT2D eigenvalue weighted by Crippen LogP contribution is -2.55.